The lowest BCUT2D eigenvalue weighted by atomic mass is 10.1. The van der Waals surface area contributed by atoms with Gasteiger partial charge >= 0.3 is 0 Å². The number of fused-ring (bicyclic) bond motifs is 1. The second kappa shape index (κ2) is 8.16. The smallest absolute Gasteiger partial charge is 0.240 e. The molecule has 2 aromatic rings. The molecule has 0 saturated carbocycles. The quantitative estimate of drug-likeness (QED) is 0.743. The first-order chi connectivity index (χ1) is 12.9. The van der Waals surface area contributed by atoms with Gasteiger partial charge in [0, 0.05) is 12.6 Å². The van der Waals surface area contributed by atoms with Gasteiger partial charge in [0.1, 0.15) is 5.75 Å². The molecule has 0 amide bonds. The van der Waals surface area contributed by atoms with Crippen LogP contribution in [0.1, 0.15) is 18.5 Å². The molecule has 0 radical (unpaired) electrons. The molecule has 2 aromatic carbocycles. The van der Waals surface area contributed by atoms with Crippen LogP contribution in [0.25, 0.3) is 0 Å². The van der Waals surface area contributed by atoms with Crippen molar-refractivity contribution in [3.8, 4) is 17.2 Å². The van der Waals surface area contributed by atoms with Crippen LogP contribution in [0.2, 0.25) is 0 Å². The number of nitrogens with zero attached hydrogens (tertiary/aromatic N) is 1. The first-order valence-electron chi connectivity index (χ1n) is 8.69. The molecule has 0 saturated heterocycles. The molecule has 27 heavy (non-hydrogen) atoms. The highest BCUT2D eigenvalue weighted by molar-refractivity contribution is 7.89. The van der Waals surface area contributed by atoms with E-state index >= 15 is 0 Å². The monoisotopic (exact) mass is 392 g/mol. The lowest BCUT2D eigenvalue weighted by molar-refractivity contribution is 0.174. The first-order valence-corrected chi connectivity index (χ1v) is 10.2. The van der Waals surface area contributed by atoms with E-state index in [4.69, 9.17) is 14.2 Å². The standard InChI is InChI=1S/C19H24N2O5S/c1-4-24-15-6-8-16(9-7-15)27(22,23)20-12-17(21(2)3)14-5-10-18-19(11-14)26-13-25-18/h5-11,17,20H,4,12-13H2,1-3H3. The topological polar surface area (TPSA) is 77.1 Å². The summed E-state index contributed by atoms with van der Waals surface area (Å²) in [7, 11) is 0.178. The van der Waals surface area contributed by atoms with E-state index in [1.165, 1.54) is 0 Å². The van der Waals surface area contributed by atoms with Crippen molar-refractivity contribution in [3.05, 3.63) is 48.0 Å². The number of hydrogen-bond acceptors (Lipinski definition) is 6. The molecular formula is C19H24N2O5S. The van der Waals surface area contributed by atoms with E-state index in [1.54, 1.807) is 24.3 Å². The molecule has 0 aromatic heterocycles. The fourth-order valence-electron chi connectivity index (χ4n) is 2.87. The van der Waals surface area contributed by atoms with Crippen LogP contribution >= 0.6 is 0 Å². The third-order valence-corrected chi connectivity index (χ3v) is 5.76. The first kappa shape index (κ1) is 19.5. The van der Waals surface area contributed by atoms with Crippen LogP contribution in [0, 0.1) is 0 Å². The van der Waals surface area contributed by atoms with Crippen LogP contribution in [0.15, 0.2) is 47.4 Å². The summed E-state index contributed by atoms with van der Waals surface area (Å²) in [5.41, 5.74) is 0.943. The molecule has 0 aliphatic carbocycles. The fourth-order valence-corrected chi connectivity index (χ4v) is 3.91. The Kier molecular flexibility index (Phi) is 5.88. The largest absolute Gasteiger partial charge is 0.494 e. The van der Waals surface area contributed by atoms with Gasteiger partial charge in [-0.2, -0.15) is 0 Å². The number of ether oxygens (including phenoxy) is 3. The molecular weight excluding hydrogens is 368 g/mol. The fraction of sp³-hybridized carbons (Fsp3) is 0.368. The predicted octanol–water partition coefficient (Wildman–Crippen LogP) is 2.40. The van der Waals surface area contributed by atoms with Crippen LogP contribution < -0.4 is 18.9 Å². The van der Waals surface area contributed by atoms with Crippen LogP contribution in [-0.2, 0) is 10.0 Å². The minimum absolute atomic E-state index is 0.156. The number of hydrogen-bond donors (Lipinski definition) is 1. The van der Waals surface area contributed by atoms with Crippen LogP contribution in [0.4, 0.5) is 0 Å². The zero-order chi connectivity index (χ0) is 19.4. The number of benzene rings is 2. The average molecular weight is 392 g/mol. The van der Waals surface area contributed by atoms with Gasteiger partial charge < -0.3 is 19.1 Å². The van der Waals surface area contributed by atoms with Gasteiger partial charge in [0.2, 0.25) is 16.8 Å². The van der Waals surface area contributed by atoms with Crippen LogP contribution in [-0.4, -0.2) is 47.4 Å². The molecule has 1 N–H and O–H groups in total. The van der Waals surface area contributed by atoms with Crippen molar-refractivity contribution in [1.82, 2.24) is 9.62 Å². The van der Waals surface area contributed by atoms with Gasteiger partial charge in [0.05, 0.1) is 11.5 Å². The molecule has 1 unspecified atom stereocenters. The maximum absolute atomic E-state index is 12.6. The zero-order valence-electron chi connectivity index (χ0n) is 15.6. The summed E-state index contributed by atoms with van der Waals surface area (Å²) in [4.78, 5) is 2.16. The highest BCUT2D eigenvalue weighted by Gasteiger charge is 2.22. The van der Waals surface area contributed by atoms with E-state index in [1.807, 2.05) is 44.1 Å². The van der Waals surface area contributed by atoms with Crippen molar-refractivity contribution in [2.24, 2.45) is 0 Å². The van der Waals surface area contributed by atoms with Gasteiger partial charge in [0.25, 0.3) is 0 Å². The third-order valence-electron chi connectivity index (χ3n) is 4.32. The zero-order valence-corrected chi connectivity index (χ0v) is 16.5. The third kappa shape index (κ3) is 4.52. The molecule has 1 heterocycles. The van der Waals surface area contributed by atoms with E-state index < -0.39 is 10.0 Å². The highest BCUT2D eigenvalue weighted by Crippen LogP contribution is 2.35. The number of sulfonamides is 1. The van der Waals surface area contributed by atoms with Crippen molar-refractivity contribution < 1.29 is 22.6 Å². The van der Waals surface area contributed by atoms with E-state index in [0.29, 0.717) is 23.9 Å². The molecule has 3 rings (SSSR count). The Labute approximate surface area is 159 Å². The van der Waals surface area contributed by atoms with E-state index in [2.05, 4.69) is 4.72 Å². The molecule has 1 aliphatic rings. The summed E-state index contributed by atoms with van der Waals surface area (Å²) in [5, 5.41) is 0. The molecule has 1 aliphatic heterocycles. The number of likely N-dealkylation sites (N-methyl/N-ethyl adjacent to an activating group) is 1. The van der Waals surface area contributed by atoms with E-state index in [9.17, 15) is 8.42 Å². The number of nitrogens with one attached hydrogen (secondary N) is 1. The van der Waals surface area contributed by atoms with Crippen molar-refractivity contribution in [2.45, 2.75) is 17.9 Å². The lowest BCUT2D eigenvalue weighted by Gasteiger charge is -2.25. The lowest BCUT2D eigenvalue weighted by Crippen LogP contribution is -2.34. The summed E-state index contributed by atoms with van der Waals surface area (Å²) >= 11 is 0. The maximum atomic E-state index is 12.6. The van der Waals surface area contributed by atoms with Gasteiger partial charge in [-0.15, -0.1) is 0 Å². The number of rotatable bonds is 8. The predicted molar refractivity (Wildman–Crippen MR) is 102 cm³/mol. The van der Waals surface area contributed by atoms with E-state index in [0.717, 1.165) is 5.56 Å². The van der Waals surface area contributed by atoms with Crippen molar-refractivity contribution in [2.75, 3.05) is 34.0 Å². The van der Waals surface area contributed by atoms with Gasteiger partial charge in [0.15, 0.2) is 11.5 Å². The normalized spacial score (nSPS) is 14.4. The van der Waals surface area contributed by atoms with Crippen molar-refractivity contribution >= 4 is 10.0 Å². The summed E-state index contributed by atoms with van der Waals surface area (Å²) in [6.45, 7) is 2.84. The molecule has 0 spiro atoms. The summed E-state index contributed by atoms with van der Waals surface area (Å²) in [6, 6.07) is 11.9. The molecule has 0 bridgehead atoms. The van der Waals surface area contributed by atoms with Crippen molar-refractivity contribution in [1.29, 1.82) is 0 Å². The van der Waals surface area contributed by atoms with Crippen molar-refractivity contribution in [3.63, 3.8) is 0 Å². The summed E-state index contributed by atoms with van der Waals surface area (Å²) in [6.07, 6.45) is 0. The highest BCUT2D eigenvalue weighted by atomic mass is 32.2. The van der Waals surface area contributed by atoms with E-state index in [-0.39, 0.29) is 24.3 Å². The minimum Gasteiger partial charge on any atom is -0.494 e. The summed E-state index contributed by atoms with van der Waals surface area (Å²) < 4.78 is 44.1. The van der Waals surface area contributed by atoms with Gasteiger partial charge in [-0.25, -0.2) is 13.1 Å². The molecule has 8 heteroatoms. The van der Waals surface area contributed by atoms with Gasteiger partial charge in [-0.05, 0) is 63.0 Å². The SMILES string of the molecule is CCOc1ccc(S(=O)(=O)NCC(c2ccc3c(c2)OCO3)N(C)C)cc1. The Morgan fingerprint density at radius 3 is 2.48 bits per heavy atom. The second-order valence-corrected chi connectivity index (χ2v) is 8.12. The molecule has 7 nitrogen and oxygen atoms in total. The Hall–Kier alpha value is -2.29. The molecule has 1 atom stereocenters. The Balaban J connectivity index is 1.73. The Bertz CT molecular complexity index is 881. The Morgan fingerprint density at radius 1 is 1.11 bits per heavy atom. The van der Waals surface area contributed by atoms with Crippen LogP contribution in [0.5, 0.6) is 17.2 Å². The molecule has 146 valence electrons. The van der Waals surface area contributed by atoms with Gasteiger partial charge in [-0.1, -0.05) is 6.07 Å². The second-order valence-electron chi connectivity index (χ2n) is 6.35. The Morgan fingerprint density at radius 2 is 1.81 bits per heavy atom. The van der Waals surface area contributed by atoms with Crippen LogP contribution in [0.3, 0.4) is 0 Å². The maximum Gasteiger partial charge on any atom is 0.240 e. The average Bonchev–Trinajstić information content (AvgIpc) is 3.10. The molecule has 0 fully saturated rings. The minimum atomic E-state index is -3.63. The summed E-state index contributed by atoms with van der Waals surface area (Å²) in [5.74, 6) is 2.02. The van der Waals surface area contributed by atoms with Gasteiger partial charge in [-0.3, -0.25) is 0 Å².